The zero-order chi connectivity index (χ0) is 13.4. The number of hydrogen-bond acceptors (Lipinski definition) is 3. The molecule has 0 saturated carbocycles. The smallest absolute Gasteiger partial charge is 0.272 e. The molecule has 0 radical (unpaired) electrons. The molecule has 18 heavy (non-hydrogen) atoms. The summed E-state index contributed by atoms with van der Waals surface area (Å²) in [6.45, 7) is 1.58. The molecule has 1 fully saturated rings. The van der Waals surface area contributed by atoms with E-state index in [1.165, 1.54) is 19.2 Å². The molecular formula is C11H10Cl2N2O3. The SMILES string of the molecule is CON1C(=O)N(c2ccc(Cl)c(Cl)c2)C(=O)C1C. The summed E-state index contributed by atoms with van der Waals surface area (Å²) < 4.78 is 0. The zero-order valence-electron chi connectivity index (χ0n) is 9.68. The molecule has 0 N–H and O–H groups in total. The van der Waals surface area contributed by atoms with Crippen molar-refractivity contribution in [3.63, 3.8) is 0 Å². The van der Waals surface area contributed by atoms with Gasteiger partial charge in [-0.1, -0.05) is 23.2 Å². The van der Waals surface area contributed by atoms with Crippen molar-refractivity contribution in [2.24, 2.45) is 0 Å². The van der Waals surface area contributed by atoms with E-state index in [-0.39, 0.29) is 10.9 Å². The molecule has 2 rings (SSSR count). The van der Waals surface area contributed by atoms with Crippen LogP contribution in [0.5, 0.6) is 0 Å². The normalized spacial score (nSPS) is 19.9. The fourth-order valence-corrected chi connectivity index (χ4v) is 2.04. The van der Waals surface area contributed by atoms with E-state index in [0.29, 0.717) is 10.7 Å². The van der Waals surface area contributed by atoms with Crippen LogP contribution in [0.4, 0.5) is 10.5 Å². The summed E-state index contributed by atoms with van der Waals surface area (Å²) in [5.74, 6) is -0.375. The van der Waals surface area contributed by atoms with Gasteiger partial charge in [0.25, 0.3) is 5.91 Å². The second-order valence-corrected chi connectivity index (χ2v) is 4.55. The Morgan fingerprint density at radius 3 is 2.39 bits per heavy atom. The largest absolute Gasteiger partial charge is 0.356 e. The first-order valence-electron chi connectivity index (χ1n) is 5.13. The van der Waals surface area contributed by atoms with Crippen LogP contribution in [0.25, 0.3) is 0 Å². The lowest BCUT2D eigenvalue weighted by atomic mass is 10.2. The van der Waals surface area contributed by atoms with E-state index in [1.807, 2.05) is 0 Å². The number of carbonyl (C=O) groups is 2. The van der Waals surface area contributed by atoms with Crippen molar-refractivity contribution in [3.8, 4) is 0 Å². The molecule has 3 amide bonds. The van der Waals surface area contributed by atoms with Crippen LogP contribution in [0.2, 0.25) is 10.0 Å². The number of halogens is 2. The number of hydrogen-bond donors (Lipinski definition) is 0. The van der Waals surface area contributed by atoms with Gasteiger partial charge < -0.3 is 0 Å². The number of anilines is 1. The first kappa shape index (κ1) is 13.1. The molecule has 1 aromatic rings. The molecule has 5 nitrogen and oxygen atoms in total. The van der Waals surface area contributed by atoms with Gasteiger partial charge in [-0.2, -0.15) is 5.06 Å². The van der Waals surface area contributed by atoms with Crippen LogP contribution < -0.4 is 4.90 Å². The number of urea groups is 1. The van der Waals surface area contributed by atoms with E-state index in [4.69, 9.17) is 28.0 Å². The maximum atomic E-state index is 12.0. The highest BCUT2D eigenvalue weighted by Gasteiger charge is 2.44. The maximum Gasteiger partial charge on any atom is 0.356 e. The molecular weight excluding hydrogens is 279 g/mol. The average molecular weight is 289 g/mol. The lowest BCUT2D eigenvalue weighted by molar-refractivity contribution is -0.133. The highest BCUT2D eigenvalue weighted by atomic mass is 35.5. The summed E-state index contributed by atoms with van der Waals surface area (Å²) >= 11 is 11.7. The summed E-state index contributed by atoms with van der Waals surface area (Å²) in [5.41, 5.74) is 0.366. The Kier molecular flexibility index (Phi) is 3.47. The van der Waals surface area contributed by atoms with Crippen LogP contribution in [0.1, 0.15) is 6.92 Å². The number of amides is 3. The van der Waals surface area contributed by atoms with Crippen molar-refractivity contribution >= 4 is 40.8 Å². The number of hydroxylamine groups is 2. The Hall–Kier alpha value is -1.30. The fourth-order valence-electron chi connectivity index (χ4n) is 1.74. The predicted octanol–water partition coefficient (Wildman–Crippen LogP) is 2.71. The Bertz CT molecular complexity index is 521. The van der Waals surface area contributed by atoms with Gasteiger partial charge in [0, 0.05) is 0 Å². The van der Waals surface area contributed by atoms with Crippen molar-refractivity contribution in [3.05, 3.63) is 28.2 Å². The second kappa shape index (κ2) is 4.76. The van der Waals surface area contributed by atoms with E-state index >= 15 is 0 Å². The third kappa shape index (κ3) is 1.94. The zero-order valence-corrected chi connectivity index (χ0v) is 11.2. The molecule has 0 aliphatic carbocycles. The predicted molar refractivity (Wildman–Crippen MR) is 67.7 cm³/mol. The van der Waals surface area contributed by atoms with Gasteiger partial charge >= 0.3 is 6.03 Å². The second-order valence-electron chi connectivity index (χ2n) is 3.74. The quantitative estimate of drug-likeness (QED) is 0.786. The molecule has 7 heteroatoms. The minimum Gasteiger partial charge on any atom is -0.272 e. The van der Waals surface area contributed by atoms with Crippen LogP contribution >= 0.6 is 23.2 Å². The van der Waals surface area contributed by atoms with Crippen LogP contribution in [0, 0.1) is 0 Å². The van der Waals surface area contributed by atoms with Gasteiger partial charge in [0.05, 0.1) is 22.8 Å². The minimum absolute atomic E-state index is 0.276. The Morgan fingerprint density at radius 1 is 1.22 bits per heavy atom. The highest BCUT2D eigenvalue weighted by Crippen LogP contribution is 2.30. The summed E-state index contributed by atoms with van der Waals surface area (Å²) in [6.07, 6.45) is 0. The van der Waals surface area contributed by atoms with Gasteiger partial charge in [0.15, 0.2) is 0 Å². The van der Waals surface area contributed by atoms with E-state index in [0.717, 1.165) is 9.96 Å². The Balaban J connectivity index is 2.41. The number of imide groups is 1. The van der Waals surface area contributed by atoms with Gasteiger partial charge in [-0.05, 0) is 25.1 Å². The Morgan fingerprint density at radius 2 is 1.89 bits per heavy atom. The first-order chi connectivity index (χ1) is 8.47. The molecule has 1 saturated heterocycles. The number of benzene rings is 1. The molecule has 1 atom stereocenters. The lowest BCUT2D eigenvalue weighted by Crippen LogP contribution is -2.32. The summed E-state index contributed by atoms with van der Waals surface area (Å²) in [6, 6.07) is 3.33. The third-order valence-electron chi connectivity index (χ3n) is 2.67. The van der Waals surface area contributed by atoms with Crippen molar-refractivity contribution in [2.45, 2.75) is 13.0 Å². The molecule has 1 aliphatic rings. The van der Waals surface area contributed by atoms with Crippen molar-refractivity contribution in [1.82, 2.24) is 5.06 Å². The van der Waals surface area contributed by atoms with Crippen molar-refractivity contribution < 1.29 is 14.4 Å². The summed E-state index contributed by atoms with van der Waals surface area (Å²) in [4.78, 5) is 29.9. The molecule has 0 aromatic heterocycles. The van der Waals surface area contributed by atoms with Gasteiger partial charge in [-0.3, -0.25) is 9.63 Å². The standard InChI is InChI=1S/C11H10Cl2N2O3/c1-6-10(16)14(11(17)15(6)18-2)7-3-4-8(12)9(13)5-7/h3-6H,1-2H3. The maximum absolute atomic E-state index is 12.0. The minimum atomic E-state index is -0.669. The number of nitrogens with zero attached hydrogens (tertiary/aromatic N) is 2. The van der Waals surface area contributed by atoms with E-state index in [1.54, 1.807) is 13.0 Å². The van der Waals surface area contributed by atoms with Gasteiger partial charge in [0.1, 0.15) is 6.04 Å². The molecule has 1 aliphatic heterocycles. The lowest BCUT2D eigenvalue weighted by Gasteiger charge is -2.16. The van der Waals surface area contributed by atoms with Gasteiger partial charge in [-0.25, -0.2) is 9.69 Å². The monoisotopic (exact) mass is 288 g/mol. The van der Waals surface area contributed by atoms with Crippen LogP contribution in [-0.2, 0) is 9.63 Å². The van der Waals surface area contributed by atoms with E-state index < -0.39 is 12.1 Å². The van der Waals surface area contributed by atoms with Crippen LogP contribution in [0.15, 0.2) is 18.2 Å². The average Bonchev–Trinajstić information content (AvgIpc) is 2.54. The molecule has 1 unspecified atom stereocenters. The number of rotatable bonds is 2. The van der Waals surface area contributed by atoms with Crippen LogP contribution in [0.3, 0.4) is 0 Å². The van der Waals surface area contributed by atoms with Gasteiger partial charge in [-0.15, -0.1) is 0 Å². The molecule has 0 spiro atoms. The molecule has 96 valence electrons. The number of carbonyl (C=O) groups excluding carboxylic acids is 2. The molecule has 0 bridgehead atoms. The Labute approximate surface area is 114 Å². The van der Waals surface area contributed by atoms with Crippen molar-refractivity contribution in [1.29, 1.82) is 0 Å². The summed E-state index contributed by atoms with van der Waals surface area (Å²) in [5, 5.41) is 1.64. The molecule has 1 aromatic carbocycles. The van der Waals surface area contributed by atoms with Crippen LogP contribution in [-0.4, -0.2) is 30.2 Å². The van der Waals surface area contributed by atoms with E-state index in [2.05, 4.69) is 0 Å². The topological polar surface area (TPSA) is 49.9 Å². The molecule has 1 heterocycles. The van der Waals surface area contributed by atoms with Crippen molar-refractivity contribution in [2.75, 3.05) is 12.0 Å². The highest BCUT2D eigenvalue weighted by molar-refractivity contribution is 6.42. The summed E-state index contributed by atoms with van der Waals surface area (Å²) in [7, 11) is 1.33. The van der Waals surface area contributed by atoms with Gasteiger partial charge in [0.2, 0.25) is 0 Å². The fraction of sp³-hybridized carbons (Fsp3) is 0.273. The van der Waals surface area contributed by atoms with E-state index in [9.17, 15) is 9.59 Å². The third-order valence-corrected chi connectivity index (χ3v) is 3.41. The first-order valence-corrected chi connectivity index (χ1v) is 5.89.